The highest BCUT2D eigenvalue weighted by molar-refractivity contribution is 5.86. The van der Waals surface area contributed by atoms with E-state index in [2.05, 4.69) is 5.32 Å². The van der Waals surface area contributed by atoms with Crippen LogP contribution in [0.4, 0.5) is 18.0 Å². The summed E-state index contributed by atoms with van der Waals surface area (Å²) >= 11 is 0. The van der Waals surface area contributed by atoms with Gasteiger partial charge in [-0.25, -0.2) is 9.59 Å². The quantitative estimate of drug-likeness (QED) is 0.747. The van der Waals surface area contributed by atoms with E-state index in [1.807, 2.05) is 0 Å². The summed E-state index contributed by atoms with van der Waals surface area (Å²) in [5, 5.41) is 12.7. The minimum absolute atomic E-state index is 0.214. The summed E-state index contributed by atoms with van der Waals surface area (Å²) in [7, 11) is 0. The third kappa shape index (κ3) is 4.25. The number of aliphatic carboxylic acids is 1. The molecule has 0 aromatic heterocycles. The molecule has 3 N–H and O–H groups in total. The first-order chi connectivity index (χ1) is 9.58. The smallest absolute Gasteiger partial charge is 0.422 e. The van der Waals surface area contributed by atoms with Gasteiger partial charge in [-0.05, 0) is 32.6 Å². The van der Waals surface area contributed by atoms with E-state index in [9.17, 15) is 22.8 Å². The maximum Gasteiger partial charge on any atom is 0.422 e. The molecule has 0 saturated heterocycles. The molecule has 1 fully saturated rings. The van der Waals surface area contributed by atoms with Crippen LogP contribution < -0.4 is 10.6 Å². The van der Waals surface area contributed by atoms with Crippen molar-refractivity contribution in [3.8, 4) is 0 Å². The van der Waals surface area contributed by atoms with Gasteiger partial charge >= 0.3 is 18.2 Å². The van der Waals surface area contributed by atoms with Crippen LogP contribution in [0.3, 0.4) is 0 Å². The third-order valence-electron chi connectivity index (χ3n) is 4.07. The Morgan fingerprint density at radius 3 is 2.14 bits per heavy atom. The Balaban J connectivity index is 2.64. The molecule has 2 unspecified atom stereocenters. The molecular weight excluding hydrogens is 289 g/mol. The van der Waals surface area contributed by atoms with Gasteiger partial charge in [0.25, 0.3) is 0 Å². The number of hydrogen-bond acceptors (Lipinski definition) is 2. The molecule has 0 aromatic carbocycles. The van der Waals surface area contributed by atoms with Gasteiger partial charge < -0.3 is 15.7 Å². The zero-order valence-electron chi connectivity index (χ0n) is 12.1. The zero-order chi connectivity index (χ0) is 16.3. The second kappa shape index (κ2) is 6.53. The lowest BCUT2D eigenvalue weighted by molar-refractivity contribution is -0.203. The Bertz CT molecular complexity index is 395. The Labute approximate surface area is 121 Å². The minimum Gasteiger partial charge on any atom is -0.479 e. The molecule has 0 aromatic rings. The minimum atomic E-state index is -5.08. The number of carbonyl (C=O) groups excluding carboxylic acids is 1. The van der Waals surface area contributed by atoms with E-state index in [1.165, 1.54) is 5.32 Å². The van der Waals surface area contributed by atoms with Gasteiger partial charge in [-0.15, -0.1) is 0 Å². The number of nitrogens with one attached hydrogen (secondary N) is 2. The van der Waals surface area contributed by atoms with Crippen LogP contribution in [-0.4, -0.2) is 34.9 Å². The van der Waals surface area contributed by atoms with E-state index in [0.717, 1.165) is 32.1 Å². The molecule has 1 saturated carbocycles. The van der Waals surface area contributed by atoms with Crippen LogP contribution in [0.25, 0.3) is 0 Å². The normalized spacial score (nSPS) is 21.2. The van der Waals surface area contributed by atoms with Crippen LogP contribution in [0.1, 0.15) is 46.0 Å². The number of rotatable bonds is 4. The van der Waals surface area contributed by atoms with Gasteiger partial charge in [-0.1, -0.05) is 19.3 Å². The van der Waals surface area contributed by atoms with Crippen LogP contribution in [0, 0.1) is 5.92 Å². The van der Waals surface area contributed by atoms with Crippen molar-refractivity contribution in [2.75, 3.05) is 0 Å². The fraction of sp³-hybridized carbons (Fsp3) is 0.846. The van der Waals surface area contributed by atoms with Crippen LogP contribution in [0.2, 0.25) is 0 Å². The highest BCUT2D eigenvalue weighted by atomic mass is 19.4. The van der Waals surface area contributed by atoms with Crippen molar-refractivity contribution in [1.82, 2.24) is 10.6 Å². The number of hydrogen-bond donors (Lipinski definition) is 3. The Morgan fingerprint density at radius 1 is 1.19 bits per heavy atom. The zero-order valence-corrected chi connectivity index (χ0v) is 12.1. The van der Waals surface area contributed by atoms with Crippen LogP contribution in [0.15, 0.2) is 0 Å². The van der Waals surface area contributed by atoms with Crippen molar-refractivity contribution in [2.24, 2.45) is 5.92 Å². The van der Waals surface area contributed by atoms with Gasteiger partial charge in [0.15, 0.2) is 0 Å². The van der Waals surface area contributed by atoms with E-state index >= 15 is 0 Å². The van der Waals surface area contributed by atoms with E-state index in [-0.39, 0.29) is 12.0 Å². The van der Waals surface area contributed by atoms with Crippen molar-refractivity contribution in [3.05, 3.63) is 0 Å². The van der Waals surface area contributed by atoms with Crippen molar-refractivity contribution >= 4 is 12.0 Å². The van der Waals surface area contributed by atoms with Gasteiger partial charge in [0.1, 0.15) is 0 Å². The first-order valence-corrected chi connectivity index (χ1v) is 6.96. The van der Waals surface area contributed by atoms with Crippen LogP contribution in [-0.2, 0) is 4.79 Å². The molecule has 2 amide bonds. The van der Waals surface area contributed by atoms with Crippen LogP contribution >= 0.6 is 0 Å². The molecule has 2 atom stereocenters. The van der Waals surface area contributed by atoms with E-state index in [0.29, 0.717) is 6.92 Å². The monoisotopic (exact) mass is 310 g/mol. The molecule has 8 heteroatoms. The Morgan fingerprint density at radius 2 is 1.71 bits per heavy atom. The molecule has 0 aliphatic heterocycles. The largest absolute Gasteiger partial charge is 0.479 e. The van der Waals surface area contributed by atoms with Gasteiger partial charge in [0.2, 0.25) is 5.54 Å². The van der Waals surface area contributed by atoms with Crippen molar-refractivity contribution < 1.29 is 27.9 Å². The maximum absolute atomic E-state index is 12.8. The van der Waals surface area contributed by atoms with E-state index < -0.39 is 23.7 Å². The summed E-state index contributed by atoms with van der Waals surface area (Å²) in [6, 6.07) is -1.41. The second-order valence-electron chi connectivity index (χ2n) is 5.71. The number of halogens is 3. The maximum atomic E-state index is 12.8. The molecule has 0 bridgehead atoms. The number of carboxylic acids is 1. The topological polar surface area (TPSA) is 78.4 Å². The summed E-state index contributed by atoms with van der Waals surface area (Å²) in [6.07, 6.45) is -0.0555. The predicted molar refractivity (Wildman–Crippen MR) is 69.8 cm³/mol. The average Bonchev–Trinajstić information content (AvgIpc) is 2.37. The lowest BCUT2D eigenvalue weighted by Gasteiger charge is -2.32. The number of alkyl halides is 3. The molecule has 0 spiro atoms. The SMILES string of the molecule is CC(NC(=O)NC(C)(C(=O)O)C(F)(F)F)C1CCCCC1. The van der Waals surface area contributed by atoms with Crippen LogP contribution in [0.5, 0.6) is 0 Å². The molecule has 5 nitrogen and oxygen atoms in total. The van der Waals surface area contributed by atoms with Crippen molar-refractivity contribution in [2.45, 2.75) is 63.7 Å². The Hall–Kier alpha value is -1.47. The summed E-state index contributed by atoms with van der Waals surface area (Å²) < 4.78 is 38.4. The first kappa shape index (κ1) is 17.6. The molecule has 1 aliphatic carbocycles. The van der Waals surface area contributed by atoms with Gasteiger partial charge in [0.05, 0.1) is 0 Å². The number of carbonyl (C=O) groups is 2. The third-order valence-corrected chi connectivity index (χ3v) is 4.07. The fourth-order valence-electron chi connectivity index (χ4n) is 2.47. The summed E-state index contributed by atoms with van der Waals surface area (Å²) in [5.74, 6) is -1.93. The summed E-state index contributed by atoms with van der Waals surface area (Å²) in [5.41, 5.74) is -3.30. The number of amides is 2. The molecule has 0 heterocycles. The molecule has 1 aliphatic rings. The van der Waals surface area contributed by atoms with E-state index in [4.69, 9.17) is 5.11 Å². The van der Waals surface area contributed by atoms with E-state index in [1.54, 1.807) is 6.92 Å². The van der Waals surface area contributed by atoms with Gasteiger partial charge in [-0.3, -0.25) is 0 Å². The predicted octanol–water partition coefficient (Wildman–Crippen LogP) is 2.66. The highest BCUT2D eigenvalue weighted by Gasteiger charge is 2.58. The van der Waals surface area contributed by atoms with Crippen molar-refractivity contribution in [1.29, 1.82) is 0 Å². The summed E-state index contributed by atoms with van der Waals surface area (Å²) in [4.78, 5) is 22.5. The first-order valence-electron chi connectivity index (χ1n) is 6.96. The molecule has 122 valence electrons. The average molecular weight is 310 g/mol. The second-order valence-corrected chi connectivity index (χ2v) is 5.71. The number of urea groups is 1. The van der Waals surface area contributed by atoms with Gasteiger partial charge in [-0.2, -0.15) is 13.2 Å². The highest BCUT2D eigenvalue weighted by Crippen LogP contribution is 2.30. The lowest BCUT2D eigenvalue weighted by Crippen LogP contribution is -2.64. The standard InChI is InChI=1S/C13H21F3N2O3/c1-8(9-6-4-3-5-7-9)17-11(21)18-12(2,10(19)20)13(14,15)16/h8-9H,3-7H2,1-2H3,(H,19,20)(H2,17,18,21). The summed E-state index contributed by atoms with van der Waals surface area (Å²) in [6.45, 7) is 2.15. The van der Waals surface area contributed by atoms with Crippen molar-refractivity contribution in [3.63, 3.8) is 0 Å². The Kier molecular flexibility index (Phi) is 5.47. The lowest BCUT2D eigenvalue weighted by atomic mass is 9.84. The fourth-order valence-corrected chi connectivity index (χ4v) is 2.47. The van der Waals surface area contributed by atoms with Gasteiger partial charge in [0, 0.05) is 6.04 Å². The molecular formula is C13H21F3N2O3. The molecule has 21 heavy (non-hydrogen) atoms. The number of carboxylic acid groups (broad SMARTS) is 1. The molecule has 1 rings (SSSR count). The molecule has 0 radical (unpaired) electrons.